The number of benzene rings is 2. The quantitative estimate of drug-likeness (QED) is 0.578. The van der Waals surface area contributed by atoms with Gasteiger partial charge in [0.15, 0.2) is 6.61 Å². The number of ether oxygens (including phenoxy) is 1. The molecule has 6 heteroatoms. The highest BCUT2D eigenvalue weighted by molar-refractivity contribution is 9.10. The van der Waals surface area contributed by atoms with Crippen LogP contribution in [0.25, 0.3) is 6.08 Å². The second-order valence-electron chi connectivity index (χ2n) is 5.49. The Bertz CT molecular complexity index is 854. The standard InChI is InChI=1S/C20H17BrN2O3/c1-14(17-4-2-3-5-18(17)21)23-19(24)13-26-20(25)11-10-15-6-8-16(12-22)9-7-15/h2-11,14H,13H2,1H3,(H,23,24)/b11-10+/t14-/m0/s1. The molecule has 0 aliphatic carbocycles. The van der Waals surface area contributed by atoms with E-state index in [1.54, 1.807) is 30.3 Å². The van der Waals surface area contributed by atoms with Crippen molar-refractivity contribution >= 4 is 33.9 Å². The number of halogens is 1. The molecule has 2 rings (SSSR count). The van der Waals surface area contributed by atoms with Gasteiger partial charge in [0.2, 0.25) is 0 Å². The first kappa shape index (κ1) is 19.4. The Morgan fingerprint density at radius 2 is 1.92 bits per heavy atom. The fourth-order valence-electron chi connectivity index (χ4n) is 2.20. The molecule has 0 aromatic heterocycles. The van der Waals surface area contributed by atoms with E-state index in [9.17, 15) is 9.59 Å². The molecule has 0 fully saturated rings. The predicted molar refractivity (Wildman–Crippen MR) is 102 cm³/mol. The molecule has 1 atom stereocenters. The summed E-state index contributed by atoms with van der Waals surface area (Å²) in [4.78, 5) is 23.6. The first-order valence-corrected chi connectivity index (χ1v) is 8.67. The summed E-state index contributed by atoms with van der Waals surface area (Å²) in [6.45, 7) is 1.50. The highest BCUT2D eigenvalue weighted by Gasteiger charge is 2.13. The number of nitriles is 1. The number of nitrogens with zero attached hydrogens (tertiary/aromatic N) is 1. The molecule has 2 aromatic rings. The average molecular weight is 413 g/mol. The number of nitrogens with one attached hydrogen (secondary N) is 1. The van der Waals surface area contributed by atoms with Crippen LogP contribution >= 0.6 is 15.9 Å². The van der Waals surface area contributed by atoms with Gasteiger partial charge < -0.3 is 10.1 Å². The molecule has 0 spiro atoms. The van der Waals surface area contributed by atoms with Crippen molar-refractivity contribution in [2.24, 2.45) is 0 Å². The van der Waals surface area contributed by atoms with Crippen LogP contribution in [0.15, 0.2) is 59.1 Å². The first-order chi connectivity index (χ1) is 12.5. The number of hydrogen-bond donors (Lipinski definition) is 1. The molecule has 0 bridgehead atoms. The van der Waals surface area contributed by atoms with Crippen LogP contribution in [0.5, 0.6) is 0 Å². The maximum Gasteiger partial charge on any atom is 0.331 e. The maximum absolute atomic E-state index is 11.9. The SMILES string of the molecule is C[C@H](NC(=O)COC(=O)/C=C/c1ccc(C#N)cc1)c1ccccc1Br. The molecule has 0 saturated carbocycles. The van der Waals surface area contributed by atoms with Gasteiger partial charge in [-0.25, -0.2) is 4.79 Å². The highest BCUT2D eigenvalue weighted by Crippen LogP contribution is 2.22. The monoisotopic (exact) mass is 412 g/mol. The van der Waals surface area contributed by atoms with E-state index in [0.717, 1.165) is 15.6 Å². The van der Waals surface area contributed by atoms with E-state index >= 15 is 0 Å². The van der Waals surface area contributed by atoms with E-state index in [2.05, 4.69) is 21.2 Å². The summed E-state index contributed by atoms with van der Waals surface area (Å²) < 4.78 is 5.83. The summed E-state index contributed by atoms with van der Waals surface area (Å²) in [7, 11) is 0. The second kappa shape index (κ2) is 9.54. The van der Waals surface area contributed by atoms with Crippen LogP contribution in [0.2, 0.25) is 0 Å². The molecule has 0 radical (unpaired) electrons. The van der Waals surface area contributed by atoms with Gasteiger partial charge in [-0.2, -0.15) is 5.26 Å². The Labute approximate surface area is 160 Å². The number of carbonyl (C=O) groups is 2. The van der Waals surface area contributed by atoms with Crippen LogP contribution in [0, 0.1) is 11.3 Å². The van der Waals surface area contributed by atoms with Gasteiger partial charge in [0.1, 0.15) is 0 Å². The van der Waals surface area contributed by atoms with Crippen molar-refractivity contribution in [1.29, 1.82) is 5.26 Å². The van der Waals surface area contributed by atoms with E-state index in [0.29, 0.717) is 5.56 Å². The minimum Gasteiger partial charge on any atom is -0.452 e. The summed E-state index contributed by atoms with van der Waals surface area (Å²) >= 11 is 3.44. The molecule has 5 nitrogen and oxygen atoms in total. The van der Waals surface area contributed by atoms with E-state index < -0.39 is 5.97 Å². The molecule has 0 heterocycles. The number of amides is 1. The smallest absolute Gasteiger partial charge is 0.331 e. The van der Waals surface area contributed by atoms with E-state index in [-0.39, 0.29) is 18.6 Å². The lowest BCUT2D eigenvalue weighted by atomic mass is 10.1. The third kappa shape index (κ3) is 5.87. The third-order valence-electron chi connectivity index (χ3n) is 3.55. The minimum atomic E-state index is -0.613. The van der Waals surface area contributed by atoms with Crippen molar-refractivity contribution in [1.82, 2.24) is 5.32 Å². The van der Waals surface area contributed by atoms with Crippen molar-refractivity contribution in [2.75, 3.05) is 6.61 Å². The molecule has 132 valence electrons. The zero-order chi connectivity index (χ0) is 18.9. The lowest BCUT2D eigenvalue weighted by Gasteiger charge is -2.15. The fraction of sp³-hybridized carbons (Fsp3) is 0.150. The lowest BCUT2D eigenvalue weighted by Crippen LogP contribution is -2.31. The average Bonchev–Trinajstić information content (AvgIpc) is 2.65. The van der Waals surface area contributed by atoms with Gasteiger partial charge in [-0.3, -0.25) is 4.79 Å². The summed E-state index contributed by atoms with van der Waals surface area (Å²) in [6, 6.07) is 16.1. The van der Waals surface area contributed by atoms with Gasteiger partial charge >= 0.3 is 5.97 Å². The molecular weight excluding hydrogens is 396 g/mol. The molecular formula is C20H17BrN2O3. The number of esters is 1. The lowest BCUT2D eigenvalue weighted by molar-refractivity contribution is -0.144. The van der Waals surface area contributed by atoms with Crippen LogP contribution in [0.1, 0.15) is 29.7 Å². The highest BCUT2D eigenvalue weighted by atomic mass is 79.9. The predicted octanol–water partition coefficient (Wildman–Crippen LogP) is 3.75. The van der Waals surface area contributed by atoms with E-state index in [4.69, 9.17) is 10.00 Å². The normalized spacial score (nSPS) is 11.6. The van der Waals surface area contributed by atoms with Gasteiger partial charge in [-0.1, -0.05) is 46.3 Å². The number of hydrogen-bond acceptors (Lipinski definition) is 4. The van der Waals surface area contributed by atoms with Crippen molar-refractivity contribution in [3.8, 4) is 6.07 Å². The van der Waals surface area contributed by atoms with Crippen LogP contribution in [0.4, 0.5) is 0 Å². The van der Waals surface area contributed by atoms with Gasteiger partial charge in [0.25, 0.3) is 5.91 Å². The molecule has 1 amide bonds. The van der Waals surface area contributed by atoms with Gasteiger partial charge in [-0.15, -0.1) is 0 Å². The Hall–Kier alpha value is -2.91. The Morgan fingerprint density at radius 3 is 2.58 bits per heavy atom. The fourth-order valence-corrected chi connectivity index (χ4v) is 2.83. The van der Waals surface area contributed by atoms with E-state index in [1.165, 1.54) is 6.08 Å². The largest absolute Gasteiger partial charge is 0.452 e. The number of carbonyl (C=O) groups excluding carboxylic acids is 2. The molecule has 26 heavy (non-hydrogen) atoms. The van der Waals surface area contributed by atoms with Crippen LogP contribution < -0.4 is 5.32 Å². The zero-order valence-electron chi connectivity index (χ0n) is 14.1. The summed E-state index contributed by atoms with van der Waals surface area (Å²) in [6.07, 6.45) is 2.80. The third-order valence-corrected chi connectivity index (χ3v) is 4.27. The Balaban J connectivity index is 1.81. The maximum atomic E-state index is 11.9. The Kier molecular flexibility index (Phi) is 7.12. The molecule has 0 aliphatic heterocycles. The van der Waals surface area contributed by atoms with Crippen LogP contribution in [-0.4, -0.2) is 18.5 Å². The second-order valence-corrected chi connectivity index (χ2v) is 6.34. The van der Waals surface area contributed by atoms with Crippen molar-refractivity contribution in [3.63, 3.8) is 0 Å². The van der Waals surface area contributed by atoms with E-state index in [1.807, 2.05) is 37.3 Å². The summed E-state index contributed by atoms with van der Waals surface area (Å²) in [5.74, 6) is -0.994. The van der Waals surface area contributed by atoms with Gasteiger partial charge in [0.05, 0.1) is 17.7 Å². The van der Waals surface area contributed by atoms with Gasteiger partial charge in [-0.05, 0) is 42.3 Å². The zero-order valence-corrected chi connectivity index (χ0v) is 15.7. The minimum absolute atomic E-state index is 0.217. The number of rotatable bonds is 6. The molecule has 0 saturated heterocycles. The summed E-state index contributed by atoms with van der Waals surface area (Å²) in [5, 5.41) is 11.5. The first-order valence-electron chi connectivity index (χ1n) is 7.88. The molecule has 0 aliphatic rings. The van der Waals surface area contributed by atoms with Crippen molar-refractivity contribution in [2.45, 2.75) is 13.0 Å². The molecule has 2 aromatic carbocycles. The van der Waals surface area contributed by atoms with Crippen LogP contribution in [0.3, 0.4) is 0 Å². The molecule has 1 N–H and O–H groups in total. The van der Waals surface area contributed by atoms with Crippen LogP contribution in [-0.2, 0) is 14.3 Å². The Morgan fingerprint density at radius 1 is 1.23 bits per heavy atom. The van der Waals surface area contributed by atoms with Crippen molar-refractivity contribution < 1.29 is 14.3 Å². The summed E-state index contributed by atoms with van der Waals surface area (Å²) in [5.41, 5.74) is 2.24. The van der Waals surface area contributed by atoms with Gasteiger partial charge in [0, 0.05) is 10.5 Å². The molecule has 0 unspecified atom stereocenters. The topological polar surface area (TPSA) is 79.2 Å². The van der Waals surface area contributed by atoms with Crippen molar-refractivity contribution in [3.05, 3.63) is 75.8 Å².